The van der Waals surface area contributed by atoms with Crippen LogP contribution in [0.4, 0.5) is 23.7 Å². The molecule has 3 N–H and O–H groups in total. The SMILES string of the molecule is CO.CO.COC1CCC(OC(=O)Nc2ccc(-c3ccnc(-c4ccc(C(F)(F)F)cc4)n3)cc2)O[C@H]1C. The minimum absolute atomic E-state index is 0.0213. The lowest BCUT2D eigenvalue weighted by Gasteiger charge is -2.33. The van der Waals surface area contributed by atoms with E-state index in [4.69, 9.17) is 24.4 Å². The quantitative estimate of drug-likeness (QED) is 0.399. The standard InChI is InChI=1S/C25H24F3N3O4.2CH4O/c1-15-21(33-2)11-12-22(34-15)35-24(32)30-19-9-5-16(6-10-19)20-13-14-29-23(31-20)17-3-7-18(8-4-17)25(26,27)28;2*1-2/h3-10,13-15,21-22H,11-12H2,1-2H3,(H,30,32);2*2H,1H3/t15-,21?,22?;;/m0../s1. The van der Waals surface area contributed by atoms with Crippen molar-refractivity contribution in [2.75, 3.05) is 26.6 Å². The molecule has 212 valence electrons. The summed E-state index contributed by atoms with van der Waals surface area (Å²) >= 11 is 0. The van der Waals surface area contributed by atoms with E-state index in [0.717, 1.165) is 38.3 Å². The Balaban J connectivity index is 0.00000127. The van der Waals surface area contributed by atoms with Gasteiger partial charge in [0, 0.05) is 50.8 Å². The number of carbonyl (C=O) groups excluding carboxylic acids is 1. The normalized spacial score (nSPS) is 18.5. The third-order valence-corrected chi connectivity index (χ3v) is 5.67. The summed E-state index contributed by atoms with van der Waals surface area (Å²) in [4.78, 5) is 20.9. The van der Waals surface area contributed by atoms with Crippen LogP contribution in [0.2, 0.25) is 0 Å². The zero-order valence-corrected chi connectivity index (χ0v) is 22.0. The molecule has 0 bridgehead atoms. The molecule has 0 spiro atoms. The number of methoxy groups -OCH3 is 1. The van der Waals surface area contributed by atoms with Crippen LogP contribution in [0.5, 0.6) is 0 Å². The van der Waals surface area contributed by atoms with Crippen LogP contribution in [0.1, 0.15) is 25.3 Å². The van der Waals surface area contributed by atoms with Crippen molar-refractivity contribution in [3.8, 4) is 22.6 Å². The Kier molecular flexibility index (Phi) is 12.3. The number of aliphatic hydroxyl groups is 2. The van der Waals surface area contributed by atoms with Crippen molar-refractivity contribution >= 4 is 11.8 Å². The number of aliphatic hydroxyl groups excluding tert-OH is 2. The fourth-order valence-corrected chi connectivity index (χ4v) is 3.78. The average Bonchev–Trinajstić information content (AvgIpc) is 2.95. The third-order valence-electron chi connectivity index (χ3n) is 5.67. The van der Waals surface area contributed by atoms with Crippen LogP contribution in [-0.2, 0) is 20.4 Å². The van der Waals surface area contributed by atoms with Gasteiger partial charge in [-0.2, -0.15) is 13.2 Å². The molecule has 9 nitrogen and oxygen atoms in total. The molecule has 1 fully saturated rings. The third kappa shape index (κ3) is 8.99. The minimum atomic E-state index is -4.40. The van der Waals surface area contributed by atoms with Gasteiger partial charge < -0.3 is 24.4 Å². The van der Waals surface area contributed by atoms with E-state index < -0.39 is 24.1 Å². The van der Waals surface area contributed by atoms with Gasteiger partial charge in [-0.3, -0.25) is 5.32 Å². The summed E-state index contributed by atoms with van der Waals surface area (Å²) in [6.45, 7) is 1.87. The highest BCUT2D eigenvalue weighted by atomic mass is 19.4. The first-order chi connectivity index (χ1) is 18.7. The number of halogens is 3. The van der Waals surface area contributed by atoms with Crippen LogP contribution in [0.25, 0.3) is 22.6 Å². The highest BCUT2D eigenvalue weighted by Crippen LogP contribution is 2.31. The molecule has 1 aliphatic rings. The predicted octanol–water partition coefficient (Wildman–Crippen LogP) is 5.13. The topological polar surface area (TPSA) is 123 Å². The van der Waals surface area contributed by atoms with Gasteiger partial charge in [-0.1, -0.05) is 24.3 Å². The molecule has 4 rings (SSSR count). The fourth-order valence-electron chi connectivity index (χ4n) is 3.78. The summed E-state index contributed by atoms with van der Waals surface area (Å²) in [5.74, 6) is 0.305. The van der Waals surface area contributed by atoms with Gasteiger partial charge in [0.2, 0.25) is 6.29 Å². The summed E-state index contributed by atoms with van der Waals surface area (Å²) in [7, 11) is 3.62. The average molecular weight is 552 g/mol. The van der Waals surface area contributed by atoms with Crippen LogP contribution in [0, 0.1) is 0 Å². The number of hydrogen-bond donors (Lipinski definition) is 3. The first-order valence-electron chi connectivity index (χ1n) is 11.9. The lowest BCUT2D eigenvalue weighted by Crippen LogP contribution is -2.40. The van der Waals surface area contributed by atoms with Gasteiger partial charge in [-0.05, 0) is 43.7 Å². The summed E-state index contributed by atoms with van der Waals surface area (Å²) in [6.07, 6.45) is -3.05. The zero-order valence-electron chi connectivity index (χ0n) is 22.0. The number of rotatable bonds is 5. The van der Waals surface area contributed by atoms with Crippen molar-refractivity contribution < 1.29 is 42.4 Å². The molecule has 3 atom stereocenters. The molecule has 1 saturated heterocycles. The Labute approximate surface area is 224 Å². The molecule has 1 aliphatic heterocycles. The van der Waals surface area contributed by atoms with Crippen LogP contribution in [-0.4, -0.2) is 66.1 Å². The van der Waals surface area contributed by atoms with Crippen molar-refractivity contribution in [3.63, 3.8) is 0 Å². The maximum absolute atomic E-state index is 12.8. The van der Waals surface area contributed by atoms with E-state index in [1.807, 2.05) is 6.92 Å². The van der Waals surface area contributed by atoms with Crippen LogP contribution in [0.15, 0.2) is 60.8 Å². The number of amides is 1. The maximum atomic E-state index is 12.8. The van der Waals surface area contributed by atoms with E-state index in [0.29, 0.717) is 29.2 Å². The van der Waals surface area contributed by atoms with Gasteiger partial charge >= 0.3 is 12.3 Å². The van der Waals surface area contributed by atoms with E-state index in [9.17, 15) is 18.0 Å². The summed E-state index contributed by atoms with van der Waals surface area (Å²) in [5, 5.41) is 16.7. The van der Waals surface area contributed by atoms with Gasteiger partial charge in [-0.25, -0.2) is 14.8 Å². The fraction of sp³-hybridized carbons (Fsp3) is 0.370. The zero-order chi connectivity index (χ0) is 29.0. The molecule has 3 aromatic rings. The van der Waals surface area contributed by atoms with Crippen molar-refractivity contribution in [3.05, 3.63) is 66.4 Å². The van der Waals surface area contributed by atoms with Gasteiger partial charge in [0.15, 0.2) is 5.82 Å². The Bertz CT molecular complexity index is 1160. The molecule has 1 amide bonds. The molecule has 2 aromatic carbocycles. The monoisotopic (exact) mass is 551 g/mol. The molecular formula is C27H32F3N3O6. The van der Waals surface area contributed by atoms with E-state index in [1.54, 1.807) is 37.4 Å². The number of aromatic nitrogens is 2. The van der Waals surface area contributed by atoms with E-state index in [2.05, 4.69) is 15.3 Å². The number of nitrogens with zero attached hydrogens (tertiary/aromatic N) is 2. The van der Waals surface area contributed by atoms with Crippen LogP contribution < -0.4 is 5.32 Å². The first-order valence-corrected chi connectivity index (χ1v) is 11.9. The smallest absolute Gasteiger partial charge is 0.416 e. The van der Waals surface area contributed by atoms with Crippen molar-refractivity contribution in [1.29, 1.82) is 0 Å². The first kappa shape index (κ1) is 31.6. The molecule has 1 aromatic heterocycles. The summed E-state index contributed by atoms with van der Waals surface area (Å²) < 4.78 is 54.7. The Hall–Kier alpha value is -3.58. The maximum Gasteiger partial charge on any atom is 0.416 e. The summed E-state index contributed by atoms with van der Waals surface area (Å²) in [5.41, 5.74) is 1.59. The number of carbonyl (C=O) groups is 1. The molecule has 2 unspecified atom stereocenters. The Morgan fingerprint density at radius 3 is 2.15 bits per heavy atom. The number of ether oxygens (including phenoxy) is 3. The molecule has 39 heavy (non-hydrogen) atoms. The van der Waals surface area contributed by atoms with Gasteiger partial charge in [0.1, 0.15) is 0 Å². The number of alkyl halides is 3. The lowest BCUT2D eigenvalue weighted by molar-refractivity contribution is -0.196. The van der Waals surface area contributed by atoms with Crippen molar-refractivity contribution in [2.45, 2.75) is 44.4 Å². The molecule has 2 heterocycles. The number of benzene rings is 2. The minimum Gasteiger partial charge on any atom is -0.419 e. The van der Waals surface area contributed by atoms with E-state index >= 15 is 0 Å². The second-order valence-electron chi connectivity index (χ2n) is 8.07. The van der Waals surface area contributed by atoms with Gasteiger partial charge in [-0.15, -0.1) is 0 Å². The molecule has 0 aliphatic carbocycles. The highest BCUT2D eigenvalue weighted by molar-refractivity contribution is 5.85. The molecule has 12 heteroatoms. The molecule has 0 radical (unpaired) electrons. The van der Waals surface area contributed by atoms with Crippen LogP contribution >= 0.6 is 0 Å². The van der Waals surface area contributed by atoms with Crippen LogP contribution in [0.3, 0.4) is 0 Å². The van der Waals surface area contributed by atoms with E-state index in [-0.39, 0.29) is 12.2 Å². The number of hydrogen-bond acceptors (Lipinski definition) is 8. The number of nitrogens with one attached hydrogen (secondary N) is 1. The Morgan fingerprint density at radius 2 is 1.59 bits per heavy atom. The lowest BCUT2D eigenvalue weighted by atomic mass is 10.1. The second kappa shape index (κ2) is 15.1. The van der Waals surface area contributed by atoms with Gasteiger partial charge in [0.05, 0.1) is 23.5 Å². The largest absolute Gasteiger partial charge is 0.419 e. The van der Waals surface area contributed by atoms with Crippen molar-refractivity contribution in [1.82, 2.24) is 9.97 Å². The van der Waals surface area contributed by atoms with Crippen molar-refractivity contribution in [2.24, 2.45) is 0 Å². The summed E-state index contributed by atoms with van der Waals surface area (Å²) in [6, 6.07) is 13.3. The van der Waals surface area contributed by atoms with Gasteiger partial charge in [0.25, 0.3) is 0 Å². The molecular weight excluding hydrogens is 519 g/mol. The molecule has 0 saturated carbocycles. The Morgan fingerprint density at radius 1 is 0.974 bits per heavy atom. The second-order valence-corrected chi connectivity index (χ2v) is 8.07. The van der Waals surface area contributed by atoms with E-state index in [1.165, 1.54) is 18.3 Å². The number of anilines is 1. The highest BCUT2D eigenvalue weighted by Gasteiger charge is 2.31. The predicted molar refractivity (Wildman–Crippen MR) is 139 cm³/mol.